The molecule has 0 saturated carbocycles. The number of nitrogens with two attached hydrogens (primary N) is 1. The minimum Gasteiger partial charge on any atom is -0.506 e. The Morgan fingerprint density at radius 1 is 1.31 bits per heavy atom. The van der Waals surface area contributed by atoms with E-state index >= 15 is 0 Å². The molecule has 1 atom stereocenters. The first-order chi connectivity index (χ1) is 5.95. The van der Waals surface area contributed by atoms with E-state index in [0.717, 1.165) is 8.95 Å². The minimum atomic E-state index is -0.194. The first-order valence-electron chi connectivity index (χ1n) is 3.57. The van der Waals surface area contributed by atoms with Gasteiger partial charge in [0.05, 0.1) is 4.47 Å². The molecule has 5 heteroatoms. The van der Waals surface area contributed by atoms with E-state index in [2.05, 4.69) is 47.8 Å². The SMILES string of the molecule is CC(N)c1cc(Br)c(Br)c(Br)c1O. The van der Waals surface area contributed by atoms with Gasteiger partial charge in [0.2, 0.25) is 0 Å². The van der Waals surface area contributed by atoms with E-state index in [1.165, 1.54) is 0 Å². The van der Waals surface area contributed by atoms with Crippen LogP contribution in [0, 0.1) is 0 Å². The second-order valence-electron chi connectivity index (χ2n) is 2.71. The molecule has 72 valence electrons. The monoisotopic (exact) mass is 371 g/mol. The summed E-state index contributed by atoms with van der Waals surface area (Å²) < 4.78 is 2.27. The number of hydrogen-bond donors (Lipinski definition) is 2. The van der Waals surface area contributed by atoms with E-state index in [1.807, 2.05) is 6.92 Å². The number of aromatic hydroxyl groups is 1. The van der Waals surface area contributed by atoms with Crippen LogP contribution in [0.1, 0.15) is 18.5 Å². The molecule has 0 aliphatic carbocycles. The standard InChI is InChI=1S/C8H8Br3NO/c1-3(12)4-2-5(9)6(10)7(11)8(4)13/h2-3,13H,12H2,1H3. The maximum Gasteiger partial charge on any atom is 0.135 e. The quantitative estimate of drug-likeness (QED) is 0.737. The van der Waals surface area contributed by atoms with Crippen molar-refractivity contribution in [2.45, 2.75) is 13.0 Å². The molecule has 0 aromatic heterocycles. The summed E-state index contributed by atoms with van der Waals surface area (Å²) >= 11 is 9.94. The van der Waals surface area contributed by atoms with Gasteiger partial charge in [-0.05, 0) is 60.8 Å². The Morgan fingerprint density at radius 2 is 1.85 bits per heavy atom. The molecule has 1 aromatic carbocycles. The molecule has 0 spiro atoms. The van der Waals surface area contributed by atoms with Gasteiger partial charge in [-0.25, -0.2) is 0 Å². The average Bonchev–Trinajstić information content (AvgIpc) is 2.07. The summed E-state index contributed by atoms with van der Waals surface area (Å²) in [5.74, 6) is 0.185. The second-order valence-corrected chi connectivity index (χ2v) is 5.15. The van der Waals surface area contributed by atoms with Gasteiger partial charge in [0.15, 0.2) is 0 Å². The number of rotatable bonds is 1. The van der Waals surface area contributed by atoms with E-state index in [-0.39, 0.29) is 11.8 Å². The fraction of sp³-hybridized carbons (Fsp3) is 0.250. The largest absolute Gasteiger partial charge is 0.506 e. The molecule has 0 amide bonds. The molecule has 0 saturated heterocycles. The van der Waals surface area contributed by atoms with E-state index in [1.54, 1.807) is 6.07 Å². The highest BCUT2D eigenvalue weighted by Crippen LogP contribution is 2.41. The second kappa shape index (κ2) is 4.29. The molecule has 0 radical (unpaired) electrons. The van der Waals surface area contributed by atoms with Gasteiger partial charge in [0.25, 0.3) is 0 Å². The van der Waals surface area contributed by atoms with E-state index < -0.39 is 0 Å². The van der Waals surface area contributed by atoms with Crippen LogP contribution in [0.3, 0.4) is 0 Å². The third kappa shape index (κ3) is 2.26. The predicted molar refractivity (Wildman–Crippen MR) is 63.8 cm³/mol. The molecule has 3 N–H and O–H groups in total. The highest BCUT2D eigenvalue weighted by Gasteiger charge is 2.14. The van der Waals surface area contributed by atoms with E-state index in [9.17, 15) is 5.11 Å². The van der Waals surface area contributed by atoms with Gasteiger partial charge >= 0.3 is 0 Å². The van der Waals surface area contributed by atoms with Crippen molar-refractivity contribution < 1.29 is 5.11 Å². The van der Waals surface area contributed by atoms with Crippen molar-refractivity contribution in [1.82, 2.24) is 0 Å². The number of halogens is 3. The Kier molecular flexibility index (Phi) is 3.80. The Hall–Kier alpha value is 0.420. The zero-order valence-corrected chi connectivity index (χ0v) is 11.6. The van der Waals surface area contributed by atoms with Crippen LogP contribution in [0.5, 0.6) is 5.75 Å². The molecule has 1 aromatic rings. The first-order valence-corrected chi connectivity index (χ1v) is 5.95. The van der Waals surface area contributed by atoms with Gasteiger partial charge in [-0.1, -0.05) is 0 Å². The van der Waals surface area contributed by atoms with Crippen molar-refractivity contribution in [3.8, 4) is 5.75 Å². The van der Waals surface area contributed by atoms with Crippen LogP contribution in [0.2, 0.25) is 0 Å². The summed E-state index contributed by atoms with van der Waals surface area (Å²) in [6.07, 6.45) is 0. The van der Waals surface area contributed by atoms with Crippen molar-refractivity contribution in [1.29, 1.82) is 0 Å². The lowest BCUT2D eigenvalue weighted by atomic mass is 10.1. The zero-order valence-electron chi connectivity index (χ0n) is 6.81. The normalized spacial score (nSPS) is 13.0. The predicted octanol–water partition coefficient (Wildman–Crippen LogP) is 3.70. The summed E-state index contributed by atoms with van der Waals surface area (Å²) in [6.45, 7) is 1.82. The smallest absolute Gasteiger partial charge is 0.135 e. The topological polar surface area (TPSA) is 46.2 Å². The number of benzene rings is 1. The summed E-state index contributed by atoms with van der Waals surface area (Å²) in [5.41, 5.74) is 6.40. The van der Waals surface area contributed by atoms with Crippen LogP contribution in [0.25, 0.3) is 0 Å². The number of hydrogen-bond acceptors (Lipinski definition) is 2. The fourth-order valence-electron chi connectivity index (χ4n) is 0.951. The van der Waals surface area contributed by atoms with Crippen LogP contribution < -0.4 is 5.73 Å². The molecular weight excluding hydrogens is 366 g/mol. The van der Waals surface area contributed by atoms with Gasteiger partial charge in [-0.15, -0.1) is 0 Å². The van der Waals surface area contributed by atoms with Crippen LogP contribution in [0.4, 0.5) is 0 Å². The van der Waals surface area contributed by atoms with Gasteiger partial charge < -0.3 is 10.8 Å². The Morgan fingerprint density at radius 3 is 2.31 bits per heavy atom. The molecule has 13 heavy (non-hydrogen) atoms. The minimum absolute atomic E-state index is 0.185. The molecule has 0 heterocycles. The summed E-state index contributed by atoms with van der Waals surface area (Å²) in [4.78, 5) is 0. The highest BCUT2D eigenvalue weighted by molar-refractivity contribution is 9.14. The molecule has 0 fully saturated rings. The van der Waals surface area contributed by atoms with Crippen LogP contribution in [-0.2, 0) is 0 Å². The Labute approximate surface area is 102 Å². The molecule has 1 rings (SSSR count). The van der Waals surface area contributed by atoms with Crippen molar-refractivity contribution in [3.63, 3.8) is 0 Å². The summed E-state index contributed by atoms with van der Waals surface area (Å²) in [7, 11) is 0. The molecule has 0 aliphatic heterocycles. The van der Waals surface area contributed by atoms with Crippen molar-refractivity contribution in [2.75, 3.05) is 0 Å². The fourth-order valence-corrected chi connectivity index (χ4v) is 2.41. The third-order valence-electron chi connectivity index (χ3n) is 1.66. The average molecular weight is 374 g/mol. The molecule has 2 nitrogen and oxygen atoms in total. The van der Waals surface area contributed by atoms with Crippen molar-refractivity contribution in [3.05, 3.63) is 25.0 Å². The number of phenols is 1. The molecule has 0 aliphatic rings. The maximum atomic E-state index is 9.70. The Balaban J connectivity index is 3.41. The third-order valence-corrected chi connectivity index (χ3v) is 4.94. The number of phenolic OH excluding ortho intramolecular Hbond substituents is 1. The summed E-state index contributed by atoms with van der Waals surface area (Å²) in [5, 5.41) is 9.70. The summed E-state index contributed by atoms with van der Waals surface area (Å²) in [6, 6.07) is 1.61. The zero-order chi connectivity index (χ0) is 10.2. The molecule has 1 unspecified atom stereocenters. The maximum absolute atomic E-state index is 9.70. The molecular formula is C8H8Br3NO. The van der Waals surface area contributed by atoms with Gasteiger partial charge in [0, 0.05) is 20.6 Å². The lowest BCUT2D eigenvalue weighted by Gasteiger charge is -2.12. The lowest BCUT2D eigenvalue weighted by Crippen LogP contribution is -2.05. The van der Waals surface area contributed by atoms with Crippen LogP contribution in [-0.4, -0.2) is 5.11 Å². The van der Waals surface area contributed by atoms with Gasteiger partial charge in [-0.3, -0.25) is 0 Å². The van der Waals surface area contributed by atoms with Crippen LogP contribution >= 0.6 is 47.8 Å². The van der Waals surface area contributed by atoms with Gasteiger partial charge in [0.1, 0.15) is 5.75 Å². The van der Waals surface area contributed by atoms with Crippen molar-refractivity contribution in [2.24, 2.45) is 5.73 Å². The molecule has 0 bridgehead atoms. The first kappa shape index (κ1) is 11.5. The van der Waals surface area contributed by atoms with Gasteiger partial charge in [-0.2, -0.15) is 0 Å². The highest BCUT2D eigenvalue weighted by atomic mass is 79.9. The Bertz CT molecular complexity index is 339. The van der Waals surface area contributed by atoms with Crippen molar-refractivity contribution >= 4 is 47.8 Å². The van der Waals surface area contributed by atoms with E-state index in [0.29, 0.717) is 10.0 Å². The van der Waals surface area contributed by atoms with Crippen LogP contribution in [0.15, 0.2) is 19.5 Å². The van der Waals surface area contributed by atoms with E-state index in [4.69, 9.17) is 5.73 Å². The lowest BCUT2D eigenvalue weighted by molar-refractivity contribution is 0.459.